The van der Waals surface area contributed by atoms with Crippen molar-refractivity contribution in [2.75, 3.05) is 24.7 Å². The summed E-state index contributed by atoms with van der Waals surface area (Å²) >= 11 is 1.99. The van der Waals surface area contributed by atoms with Crippen molar-refractivity contribution in [3.8, 4) is 0 Å². The molecule has 94 valence electrons. The number of hydrogen-bond acceptors (Lipinski definition) is 3. The van der Waals surface area contributed by atoms with Gasteiger partial charge < -0.3 is 10.1 Å². The van der Waals surface area contributed by atoms with Crippen LogP contribution in [0, 0.1) is 6.92 Å². The number of hydrogen-bond donors (Lipinski definition) is 1. The number of ether oxygens (including phenoxy) is 1. The van der Waals surface area contributed by atoms with E-state index in [1.807, 2.05) is 11.8 Å². The lowest BCUT2D eigenvalue weighted by Crippen LogP contribution is -2.38. The SMILES string of the molecule is CCNC(c1ccccc1C)C1CSCCO1. The van der Waals surface area contributed by atoms with Crippen LogP contribution in [0.2, 0.25) is 0 Å². The van der Waals surface area contributed by atoms with Gasteiger partial charge in [0.05, 0.1) is 18.8 Å². The van der Waals surface area contributed by atoms with Crippen LogP contribution < -0.4 is 5.32 Å². The third-order valence-electron chi connectivity index (χ3n) is 3.16. The molecule has 1 N–H and O–H groups in total. The molecule has 2 unspecified atom stereocenters. The fourth-order valence-corrected chi connectivity index (χ4v) is 3.20. The maximum absolute atomic E-state index is 5.92. The second-order valence-corrected chi connectivity index (χ2v) is 5.53. The number of aryl methyl sites for hydroxylation is 1. The van der Waals surface area contributed by atoms with Gasteiger partial charge in [-0.1, -0.05) is 31.2 Å². The second kappa shape index (κ2) is 6.43. The van der Waals surface area contributed by atoms with E-state index in [1.54, 1.807) is 0 Å². The maximum Gasteiger partial charge on any atom is 0.0860 e. The van der Waals surface area contributed by atoms with Gasteiger partial charge in [-0.2, -0.15) is 11.8 Å². The lowest BCUT2D eigenvalue weighted by Gasteiger charge is -2.31. The summed E-state index contributed by atoms with van der Waals surface area (Å²) in [6.07, 6.45) is 0.301. The lowest BCUT2D eigenvalue weighted by molar-refractivity contribution is 0.0470. The molecular weight excluding hydrogens is 230 g/mol. The summed E-state index contributed by atoms with van der Waals surface area (Å²) in [6, 6.07) is 8.93. The summed E-state index contributed by atoms with van der Waals surface area (Å²) < 4.78 is 5.92. The van der Waals surface area contributed by atoms with Crippen LogP contribution in [0.15, 0.2) is 24.3 Å². The standard InChI is InChI=1S/C14H21NOS/c1-3-15-14(13-10-17-9-8-16-13)12-7-5-4-6-11(12)2/h4-7,13-15H,3,8-10H2,1-2H3. The van der Waals surface area contributed by atoms with Crippen molar-refractivity contribution in [3.05, 3.63) is 35.4 Å². The first-order valence-electron chi connectivity index (χ1n) is 6.31. The number of rotatable bonds is 4. The van der Waals surface area contributed by atoms with E-state index in [4.69, 9.17) is 4.74 Å². The number of thioether (sulfide) groups is 1. The lowest BCUT2D eigenvalue weighted by atomic mass is 9.97. The van der Waals surface area contributed by atoms with Crippen LogP contribution in [0.4, 0.5) is 0 Å². The van der Waals surface area contributed by atoms with Gasteiger partial charge in [-0.3, -0.25) is 0 Å². The van der Waals surface area contributed by atoms with Crippen molar-refractivity contribution in [1.82, 2.24) is 5.32 Å². The molecular formula is C14H21NOS. The summed E-state index contributed by atoms with van der Waals surface area (Å²) in [7, 11) is 0. The Bertz CT molecular complexity index is 350. The van der Waals surface area contributed by atoms with Crippen LogP contribution in [0.3, 0.4) is 0 Å². The number of likely N-dealkylation sites (N-methyl/N-ethyl adjacent to an activating group) is 1. The van der Waals surface area contributed by atoms with Gasteiger partial charge in [0, 0.05) is 11.5 Å². The molecule has 1 heterocycles. The minimum Gasteiger partial charge on any atom is -0.375 e. The minimum absolute atomic E-state index is 0.301. The first-order valence-corrected chi connectivity index (χ1v) is 7.46. The first kappa shape index (κ1) is 12.9. The molecule has 0 amide bonds. The van der Waals surface area contributed by atoms with Gasteiger partial charge >= 0.3 is 0 Å². The fraction of sp³-hybridized carbons (Fsp3) is 0.571. The van der Waals surface area contributed by atoms with E-state index in [1.165, 1.54) is 11.1 Å². The van der Waals surface area contributed by atoms with Gasteiger partial charge in [-0.15, -0.1) is 0 Å². The van der Waals surface area contributed by atoms with Crippen LogP contribution in [-0.4, -0.2) is 30.8 Å². The van der Waals surface area contributed by atoms with Crippen molar-refractivity contribution < 1.29 is 4.74 Å². The van der Waals surface area contributed by atoms with Crippen LogP contribution >= 0.6 is 11.8 Å². The molecule has 1 fully saturated rings. The van der Waals surface area contributed by atoms with E-state index < -0.39 is 0 Å². The Morgan fingerprint density at radius 1 is 1.47 bits per heavy atom. The summed E-state index contributed by atoms with van der Waals surface area (Å²) in [5, 5.41) is 3.57. The number of benzene rings is 1. The topological polar surface area (TPSA) is 21.3 Å². The Kier molecular flexibility index (Phi) is 4.89. The van der Waals surface area contributed by atoms with Crippen LogP contribution in [-0.2, 0) is 4.74 Å². The zero-order valence-corrected chi connectivity index (χ0v) is 11.4. The predicted octanol–water partition coefficient (Wildman–Crippen LogP) is 2.78. The zero-order valence-electron chi connectivity index (χ0n) is 10.6. The van der Waals surface area contributed by atoms with E-state index in [0.717, 1.165) is 24.7 Å². The Morgan fingerprint density at radius 3 is 2.94 bits per heavy atom. The number of nitrogens with one attached hydrogen (secondary N) is 1. The summed E-state index contributed by atoms with van der Waals surface area (Å²) in [5.41, 5.74) is 2.72. The van der Waals surface area contributed by atoms with Gasteiger partial charge in [0.15, 0.2) is 0 Å². The van der Waals surface area contributed by atoms with Crippen molar-refractivity contribution in [3.63, 3.8) is 0 Å². The van der Waals surface area contributed by atoms with Crippen molar-refractivity contribution in [2.24, 2.45) is 0 Å². The highest BCUT2D eigenvalue weighted by atomic mass is 32.2. The maximum atomic E-state index is 5.92. The molecule has 1 aliphatic rings. The molecule has 1 aromatic carbocycles. The summed E-state index contributed by atoms with van der Waals surface area (Å²) in [6.45, 7) is 6.18. The quantitative estimate of drug-likeness (QED) is 0.889. The largest absolute Gasteiger partial charge is 0.375 e. The molecule has 3 heteroatoms. The Hall–Kier alpha value is -0.510. The van der Waals surface area contributed by atoms with Gasteiger partial charge in [0.1, 0.15) is 0 Å². The van der Waals surface area contributed by atoms with Crippen LogP contribution in [0.25, 0.3) is 0 Å². The van der Waals surface area contributed by atoms with Crippen LogP contribution in [0.5, 0.6) is 0 Å². The van der Waals surface area contributed by atoms with Gasteiger partial charge in [-0.05, 0) is 24.6 Å². The normalized spacial score (nSPS) is 22.4. The van der Waals surface area contributed by atoms with E-state index in [0.29, 0.717) is 12.1 Å². The molecule has 2 atom stereocenters. The smallest absolute Gasteiger partial charge is 0.0860 e. The average Bonchev–Trinajstić information content (AvgIpc) is 2.38. The highest BCUT2D eigenvalue weighted by Crippen LogP contribution is 2.27. The molecule has 1 aliphatic heterocycles. The molecule has 0 aliphatic carbocycles. The molecule has 0 saturated carbocycles. The molecule has 17 heavy (non-hydrogen) atoms. The highest BCUT2D eigenvalue weighted by molar-refractivity contribution is 7.99. The minimum atomic E-state index is 0.301. The van der Waals surface area contributed by atoms with Crippen molar-refractivity contribution in [2.45, 2.75) is 26.0 Å². The molecule has 1 aromatic rings. The summed E-state index contributed by atoms with van der Waals surface area (Å²) in [4.78, 5) is 0. The molecule has 0 spiro atoms. The van der Waals surface area contributed by atoms with Gasteiger partial charge in [0.2, 0.25) is 0 Å². The van der Waals surface area contributed by atoms with E-state index in [-0.39, 0.29) is 0 Å². The highest BCUT2D eigenvalue weighted by Gasteiger charge is 2.26. The zero-order chi connectivity index (χ0) is 12.1. The Morgan fingerprint density at radius 2 is 2.29 bits per heavy atom. The van der Waals surface area contributed by atoms with E-state index >= 15 is 0 Å². The molecule has 0 bridgehead atoms. The molecule has 2 nitrogen and oxygen atoms in total. The van der Waals surface area contributed by atoms with E-state index in [9.17, 15) is 0 Å². The molecule has 2 rings (SSSR count). The Labute approximate surface area is 108 Å². The monoisotopic (exact) mass is 251 g/mol. The van der Waals surface area contributed by atoms with Crippen molar-refractivity contribution in [1.29, 1.82) is 0 Å². The predicted molar refractivity (Wildman–Crippen MR) is 74.7 cm³/mol. The third kappa shape index (κ3) is 3.24. The Balaban J connectivity index is 2.18. The second-order valence-electron chi connectivity index (χ2n) is 4.38. The first-order chi connectivity index (χ1) is 8.33. The molecule has 0 aromatic heterocycles. The molecule has 1 saturated heterocycles. The fourth-order valence-electron chi connectivity index (χ4n) is 2.30. The average molecular weight is 251 g/mol. The summed E-state index contributed by atoms with van der Waals surface area (Å²) in [5.74, 6) is 2.22. The molecule has 0 radical (unpaired) electrons. The van der Waals surface area contributed by atoms with Crippen molar-refractivity contribution >= 4 is 11.8 Å². The van der Waals surface area contributed by atoms with E-state index in [2.05, 4.69) is 43.4 Å². The van der Waals surface area contributed by atoms with Gasteiger partial charge in [-0.25, -0.2) is 0 Å². The van der Waals surface area contributed by atoms with Crippen LogP contribution in [0.1, 0.15) is 24.1 Å². The third-order valence-corrected chi connectivity index (χ3v) is 4.18. The van der Waals surface area contributed by atoms with Gasteiger partial charge in [0.25, 0.3) is 0 Å².